The van der Waals surface area contributed by atoms with E-state index in [1.165, 1.54) is 16.7 Å². The van der Waals surface area contributed by atoms with E-state index >= 15 is 0 Å². The van der Waals surface area contributed by atoms with Crippen molar-refractivity contribution in [3.8, 4) is 11.5 Å². The number of methoxy groups -OCH3 is 2. The lowest BCUT2D eigenvalue weighted by Gasteiger charge is -2.32. The van der Waals surface area contributed by atoms with Crippen LogP contribution >= 0.6 is 0 Å². The van der Waals surface area contributed by atoms with Crippen LogP contribution in [0.1, 0.15) is 29.2 Å². The van der Waals surface area contributed by atoms with Crippen molar-refractivity contribution in [2.75, 3.05) is 27.8 Å². The molecule has 1 aromatic carbocycles. The van der Waals surface area contributed by atoms with Crippen molar-refractivity contribution < 1.29 is 14.3 Å². The number of likely N-dealkylation sites (N-methyl/N-ethyl adjacent to an activating group) is 1. The van der Waals surface area contributed by atoms with E-state index in [0.717, 1.165) is 30.9 Å². The van der Waals surface area contributed by atoms with E-state index in [0.29, 0.717) is 6.04 Å². The fourth-order valence-electron chi connectivity index (χ4n) is 4.34. The van der Waals surface area contributed by atoms with Crippen LogP contribution in [-0.2, 0) is 16.6 Å². The number of allylic oxidation sites excluding steroid dienone is 4. The average Bonchev–Trinajstić information content (AvgIpc) is 2.90. The highest BCUT2D eigenvalue weighted by Gasteiger charge is 2.48. The van der Waals surface area contributed by atoms with Gasteiger partial charge in [0.05, 0.1) is 14.2 Å². The number of hydrogen-bond donors (Lipinski definition) is 0. The largest absolute Gasteiger partial charge is 0.493 e. The van der Waals surface area contributed by atoms with E-state index in [-0.39, 0.29) is 11.2 Å². The molecule has 2 aliphatic carbocycles. The molecule has 120 valence electrons. The van der Waals surface area contributed by atoms with Gasteiger partial charge >= 0.3 is 0 Å². The topological polar surface area (TPSA) is 38.8 Å². The highest BCUT2D eigenvalue weighted by molar-refractivity contribution is 6.01. The number of ether oxygens (including phenoxy) is 2. The summed E-state index contributed by atoms with van der Waals surface area (Å²) in [6.45, 7) is 1.04. The molecule has 1 aromatic rings. The third kappa shape index (κ3) is 1.91. The van der Waals surface area contributed by atoms with Crippen molar-refractivity contribution in [3.05, 3.63) is 47.1 Å². The molecule has 0 fully saturated rings. The van der Waals surface area contributed by atoms with Crippen LogP contribution in [0.2, 0.25) is 0 Å². The van der Waals surface area contributed by atoms with Crippen molar-refractivity contribution in [2.45, 2.75) is 24.3 Å². The molecular weight excluding hydrogens is 290 g/mol. The van der Waals surface area contributed by atoms with E-state index in [1.54, 1.807) is 26.4 Å². The lowest BCUT2D eigenvalue weighted by Crippen LogP contribution is -2.31. The molecule has 0 unspecified atom stereocenters. The molecule has 0 N–H and O–H groups in total. The van der Waals surface area contributed by atoms with E-state index in [1.807, 2.05) is 12.2 Å². The first kappa shape index (κ1) is 14.5. The van der Waals surface area contributed by atoms with Gasteiger partial charge in [-0.3, -0.25) is 9.69 Å². The van der Waals surface area contributed by atoms with Gasteiger partial charge in [-0.15, -0.1) is 0 Å². The minimum absolute atomic E-state index is 0.0472. The average molecular weight is 311 g/mol. The second kappa shape index (κ2) is 4.96. The van der Waals surface area contributed by atoms with Gasteiger partial charge in [0, 0.05) is 23.6 Å². The first-order valence-electron chi connectivity index (χ1n) is 8.00. The summed E-state index contributed by atoms with van der Waals surface area (Å²) in [5.41, 5.74) is 3.60. The molecule has 0 bridgehead atoms. The maximum Gasteiger partial charge on any atom is 0.178 e. The summed E-state index contributed by atoms with van der Waals surface area (Å²) in [7, 11) is 5.55. The summed E-state index contributed by atoms with van der Waals surface area (Å²) in [6, 6.07) is 2.48. The third-order valence-corrected chi connectivity index (χ3v) is 5.48. The molecular formula is C19H21NO3. The minimum atomic E-state index is -0.277. The first-order valence-corrected chi connectivity index (χ1v) is 8.00. The van der Waals surface area contributed by atoms with Gasteiger partial charge in [-0.05, 0) is 49.2 Å². The molecule has 1 spiro atoms. The highest BCUT2D eigenvalue weighted by Crippen LogP contribution is 2.58. The lowest BCUT2D eigenvalue weighted by atomic mass is 9.77. The summed E-state index contributed by atoms with van der Waals surface area (Å²) < 4.78 is 11.3. The van der Waals surface area contributed by atoms with Gasteiger partial charge in [0.2, 0.25) is 0 Å². The predicted octanol–water partition coefficient (Wildman–Crippen LogP) is 2.57. The molecule has 3 aliphatic rings. The van der Waals surface area contributed by atoms with Gasteiger partial charge in [-0.1, -0.05) is 12.2 Å². The maximum absolute atomic E-state index is 11.6. The molecule has 4 nitrogen and oxygen atoms in total. The van der Waals surface area contributed by atoms with Crippen LogP contribution in [0.4, 0.5) is 0 Å². The summed E-state index contributed by atoms with van der Waals surface area (Å²) in [5, 5.41) is 0. The summed E-state index contributed by atoms with van der Waals surface area (Å²) >= 11 is 0. The number of ketones is 1. The van der Waals surface area contributed by atoms with Crippen molar-refractivity contribution in [1.82, 2.24) is 4.90 Å². The molecule has 0 aromatic heterocycles. The number of carbonyl (C=O) groups excluding carboxylic acids is 1. The zero-order valence-electron chi connectivity index (χ0n) is 13.8. The first-order chi connectivity index (χ1) is 11.1. The SMILES string of the molecule is COc1cc2c3c(c1OC)C1(C=CC(=O)C=C1)C[C@@H]3N(C)CC2. The standard InChI is InChI=1S/C19H21NO3/c1-20-9-6-12-10-15(22-2)18(23-3)17-16(12)14(20)11-19(17)7-4-13(21)5-8-19/h4-5,7-8,10,14H,6,9,11H2,1-3H3/t14-/m0/s1. The number of rotatable bonds is 2. The summed E-state index contributed by atoms with van der Waals surface area (Å²) in [6.07, 6.45) is 9.40. The maximum atomic E-state index is 11.6. The molecule has 1 atom stereocenters. The lowest BCUT2D eigenvalue weighted by molar-refractivity contribution is -0.110. The smallest absolute Gasteiger partial charge is 0.178 e. The van der Waals surface area contributed by atoms with Gasteiger partial charge in [0.15, 0.2) is 17.3 Å². The monoisotopic (exact) mass is 311 g/mol. The highest BCUT2D eigenvalue weighted by atomic mass is 16.5. The van der Waals surface area contributed by atoms with Crippen LogP contribution < -0.4 is 9.47 Å². The Hall–Kier alpha value is -2.07. The van der Waals surface area contributed by atoms with Crippen LogP contribution in [0.5, 0.6) is 11.5 Å². The molecule has 23 heavy (non-hydrogen) atoms. The Bertz CT molecular complexity index is 731. The second-order valence-electron chi connectivity index (χ2n) is 6.62. The normalized spacial score (nSPS) is 24.1. The Labute approximate surface area is 136 Å². The van der Waals surface area contributed by atoms with Gasteiger partial charge in [-0.2, -0.15) is 0 Å². The number of fused-ring (bicyclic) bond motifs is 1. The molecule has 0 saturated heterocycles. The molecule has 0 saturated carbocycles. The summed E-state index contributed by atoms with van der Waals surface area (Å²) in [5.74, 6) is 1.63. The van der Waals surface area contributed by atoms with Crippen LogP contribution in [-0.4, -0.2) is 38.5 Å². The minimum Gasteiger partial charge on any atom is -0.493 e. The fourth-order valence-corrected chi connectivity index (χ4v) is 4.34. The number of nitrogens with zero attached hydrogens (tertiary/aromatic N) is 1. The van der Waals surface area contributed by atoms with Crippen molar-refractivity contribution in [3.63, 3.8) is 0 Å². The predicted molar refractivity (Wildman–Crippen MR) is 88.2 cm³/mol. The number of benzene rings is 1. The van der Waals surface area contributed by atoms with E-state index in [9.17, 15) is 4.79 Å². The number of hydrogen-bond acceptors (Lipinski definition) is 4. The van der Waals surface area contributed by atoms with Crippen LogP contribution in [0, 0.1) is 0 Å². The third-order valence-electron chi connectivity index (χ3n) is 5.48. The van der Waals surface area contributed by atoms with Crippen molar-refractivity contribution in [1.29, 1.82) is 0 Å². The molecule has 1 aliphatic heterocycles. The quantitative estimate of drug-likeness (QED) is 0.841. The van der Waals surface area contributed by atoms with Crippen molar-refractivity contribution in [2.24, 2.45) is 0 Å². The number of carbonyl (C=O) groups is 1. The Morgan fingerprint density at radius 3 is 2.61 bits per heavy atom. The van der Waals surface area contributed by atoms with Gasteiger partial charge < -0.3 is 9.47 Å². The zero-order chi connectivity index (χ0) is 16.2. The van der Waals surface area contributed by atoms with E-state index in [2.05, 4.69) is 18.0 Å². The van der Waals surface area contributed by atoms with Crippen LogP contribution in [0.3, 0.4) is 0 Å². The Morgan fingerprint density at radius 2 is 1.96 bits per heavy atom. The Balaban J connectivity index is 2.02. The Morgan fingerprint density at radius 1 is 1.22 bits per heavy atom. The van der Waals surface area contributed by atoms with Crippen LogP contribution in [0.15, 0.2) is 30.4 Å². The second-order valence-corrected chi connectivity index (χ2v) is 6.62. The molecule has 4 heteroatoms. The molecule has 1 heterocycles. The van der Waals surface area contributed by atoms with E-state index < -0.39 is 0 Å². The summed E-state index contributed by atoms with van der Waals surface area (Å²) in [4.78, 5) is 14.1. The van der Waals surface area contributed by atoms with E-state index in [4.69, 9.17) is 9.47 Å². The Kier molecular flexibility index (Phi) is 3.13. The van der Waals surface area contributed by atoms with Crippen LogP contribution in [0.25, 0.3) is 0 Å². The molecule has 0 amide bonds. The van der Waals surface area contributed by atoms with Gasteiger partial charge in [-0.25, -0.2) is 0 Å². The van der Waals surface area contributed by atoms with Gasteiger partial charge in [0.1, 0.15) is 0 Å². The van der Waals surface area contributed by atoms with Gasteiger partial charge in [0.25, 0.3) is 0 Å². The van der Waals surface area contributed by atoms with Crippen molar-refractivity contribution >= 4 is 5.78 Å². The molecule has 4 rings (SSSR count). The fraction of sp³-hybridized carbons (Fsp3) is 0.421. The molecule has 0 radical (unpaired) electrons. The zero-order valence-corrected chi connectivity index (χ0v) is 13.8.